The normalized spacial score (nSPS) is 13.5. The molecule has 2 N–H and O–H groups in total. The van der Waals surface area contributed by atoms with Gasteiger partial charge in [0, 0.05) is 0 Å². The number of carbonyl (C=O) groups excluding carboxylic acids is 1. The second kappa shape index (κ2) is 6.87. The van der Waals surface area contributed by atoms with Crippen molar-refractivity contribution in [3.05, 3.63) is 59.2 Å². The van der Waals surface area contributed by atoms with Crippen LogP contribution in [0.25, 0.3) is 11.1 Å². The van der Waals surface area contributed by atoms with Crippen molar-refractivity contribution in [1.82, 2.24) is 0 Å². The molecule has 0 spiro atoms. The van der Waals surface area contributed by atoms with Gasteiger partial charge in [0.2, 0.25) is 0 Å². The van der Waals surface area contributed by atoms with Gasteiger partial charge < -0.3 is 10.5 Å². The maximum atomic E-state index is 14.1. The molecule has 24 heavy (non-hydrogen) atoms. The van der Waals surface area contributed by atoms with E-state index in [1.165, 1.54) is 6.92 Å². The molecule has 0 radical (unpaired) electrons. The van der Waals surface area contributed by atoms with Crippen LogP contribution in [0.1, 0.15) is 29.7 Å². The van der Waals surface area contributed by atoms with E-state index in [1.54, 1.807) is 18.2 Å². The summed E-state index contributed by atoms with van der Waals surface area (Å²) in [6, 6.07) is 11.2. The number of alkyl halides is 2. The summed E-state index contributed by atoms with van der Waals surface area (Å²) in [6.45, 7) is 1.37. The van der Waals surface area contributed by atoms with Crippen LogP contribution >= 0.6 is 12.4 Å². The van der Waals surface area contributed by atoms with Crippen LogP contribution in [-0.4, -0.2) is 18.5 Å². The van der Waals surface area contributed by atoms with Crippen molar-refractivity contribution >= 4 is 18.4 Å². The Hall–Kier alpha value is -1.98. The zero-order chi connectivity index (χ0) is 16.6. The Morgan fingerprint density at radius 1 is 1.21 bits per heavy atom. The van der Waals surface area contributed by atoms with Gasteiger partial charge in [-0.25, -0.2) is 4.79 Å². The van der Waals surface area contributed by atoms with Gasteiger partial charge in [-0.05, 0) is 41.2 Å². The van der Waals surface area contributed by atoms with Gasteiger partial charge in [-0.15, -0.1) is 12.4 Å². The topological polar surface area (TPSA) is 52.3 Å². The lowest BCUT2D eigenvalue weighted by atomic mass is 9.96. The first-order chi connectivity index (χ1) is 10.9. The monoisotopic (exact) mass is 353 g/mol. The van der Waals surface area contributed by atoms with Crippen LogP contribution in [0.2, 0.25) is 0 Å². The number of fused-ring (bicyclic) bond motifs is 3. The van der Waals surface area contributed by atoms with Crippen molar-refractivity contribution in [1.29, 1.82) is 0 Å². The molecular weight excluding hydrogens is 336 g/mol. The molecule has 0 heterocycles. The van der Waals surface area contributed by atoms with Gasteiger partial charge in [-0.2, -0.15) is 8.78 Å². The highest BCUT2D eigenvalue weighted by Crippen LogP contribution is 2.39. The van der Waals surface area contributed by atoms with Crippen LogP contribution < -0.4 is 5.73 Å². The molecule has 0 aliphatic heterocycles. The summed E-state index contributed by atoms with van der Waals surface area (Å²) in [5.74, 6) is -5.34. The van der Waals surface area contributed by atoms with E-state index in [0.717, 1.165) is 22.3 Å². The van der Waals surface area contributed by atoms with E-state index < -0.39 is 17.9 Å². The molecule has 2 aromatic rings. The predicted octanol–water partition coefficient (Wildman–Crippen LogP) is 3.88. The Bertz CT molecular complexity index is 764. The summed E-state index contributed by atoms with van der Waals surface area (Å²) in [7, 11) is 0. The number of rotatable bonds is 4. The third-order valence-electron chi connectivity index (χ3n) is 4.12. The molecule has 1 aliphatic rings. The molecule has 0 fully saturated rings. The number of halogens is 3. The van der Waals surface area contributed by atoms with Gasteiger partial charge in [-0.1, -0.05) is 42.5 Å². The highest BCUT2D eigenvalue weighted by Gasteiger charge is 2.47. The molecule has 3 rings (SSSR count). The maximum absolute atomic E-state index is 14.1. The average molecular weight is 354 g/mol. The fourth-order valence-electron chi connectivity index (χ4n) is 2.92. The SMILES string of the molecule is CCOC(=O)C(F)(F)[C@@H](N)c1ccc2c(c1)Cc1ccccc1-2.Cl. The molecule has 0 aromatic heterocycles. The predicted molar refractivity (Wildman–Crippen MR) is 90.4 cm³/mol. The number of benzene rings is 2. The van der Waals surface area contributed by atoms with Crippen molar-refractivity contribution in [2.75, 3.05) is 6.61 Å². The van der Waals surface area contributed by atoms with Gasteiger partial charge in [0.15, 0.2) is 0 Å². The Morgan fingerprint density at radius 2 is 1.88 bits per heavy atom. The standard InChI is InChI=1S/C18H17F2NO2.ClH/c1-2-23-17(22)18(19,20)16(21)12-7-8-15-13(10-12)9-11-5-3-4-6-14(11)15;/h3-8,10,16H,2,9,21H2,1H3;1H/t16-;/m0./s1. The van der Waals surface area contributed by atoms with E-state index in [9.17, 15) is 13.6 Å². The van der Waals surface area contributed by atoms with Gasteiger partial charge in [0.1, 0.15) is 6.04 Å². The lowest BCUT2D eigenvalue weighted by molar-refractivity contribution is -0.174. The highest BCUT2D eigenvalue weighted by molar-refractivity contribution is 5.85. The first kappa shape index (κ1) is 18.4. The van der Waals surface area contributed by atoms with E-state index in [-0.39, 0.29) is 24.6 Å². The average Bonchev–Trinajstić information content (AvgIpc) is 2.91. The number of hydrogen-bond donors (Lipinski definition) is 1. The zero-order valence-electron chi connectivity index (χ0n) is 13.1. The number of carbonyl (C=O) groups is 1. The van der Waals surface area contributed by atoms with E-state index in [4.69, 9.17) is 5.73 Å². The second-order valence-corrected chi connectivity index (χ2v) is 5.57. The smallest absolute Gasteiger partial charge is 0.379 e. The third kappa shape index (κ3) is 3.01. The molecule has 0 saturated carbocycles. The van der Waals surface area contributed by atoms with Crippen LogP contribution in [0.3, 0.4) is 0 Å². The van der Waals surface area contributed by atoms with Gasteiger partial charge in [0.25, 0.3) is 0 Å². The number of esters is 1. The van der Waals surface area contributed by atoms with Gasteiger partial charge >= 0.3 is 11.9 Å². The molecule has 1 aliphatic carbocycles. The number of nitrogens with two attached hydrogens (primary N) is 1. The summed E-state index contributed by atoms with van der Waals surface area (Å²) in [6.07, 6.45) is 0.678. The van der Waals surface area contributed by atoms with Gasteiger partial charge in [0.05, 0.1) is 6.61 Å². The minimum atomic E-state index is -3.75. The van der Waals surface area contributed by atoms with Crippen molar-refractivity contribution in [3.8, 4) is 11.1 Å². The Kier molecular flexibility index (Phi) is 5.26. The van der Waals surface area contributed by atoms with Crippen LogP contribution in [0.4, 0.5) is 8.78 Å². The highest BCUT2D eigenvalue weighted by atomic mass is 35.5. The molecule has 0 unspecified atom stereocenters. The Labute approximate surface area is 145 Å². The van der Waals surface area contributed by atoms with E-state index in [2.05, 4.69) is 4.74 Å². The first-order valence-corrected chi connectivity index (χ1v) is 7.47. The van der Waals surface area contributed by atoms with E-state index >= 15 is 0 Å². The van der Waals surface area contributed by atoms with Gasteiger partial charge in [-0.3, -0.25) is 0 Å². The molecule has 1 atom stereocenters. The summed E-state index contributed by atoms with van der Waals surface area (Å²) in [4.78, 5) is 11.4. The summed E-state index contributed by atoms with van der Waals surface area (Å²) in [5, 5.41) is 0. The Morgan fingerprint density at radius 3 is 2.58 bits per heavy atom. The molecule has 0 amide bonds. The fourth-order valence-corrected chi connectivity index (χ4v) is 2.92. The minimum Gasteiger partial charge on any atom is -0.462 e. The molecule has 6 heteroatoms. The second-order valence-electron chi connectivity index (χ2n) is 5.57. The molecular formula is C18H18ClF2NO2. The fraction of sp³-hybridized carbons (Fsp3) is 0.278. The Balaban J connectivity index is 0.00000208. The molecule has 3 nitrogen and oxygen atoms in total. The quantitative estimate of drug-likeness (QED) is 0.724. The first-order valence-electron chi connectivity index (χ1n) is 7.47. The van der Waals surface area contributed by atoms with Crippen LogP contribution in [-0.2, 0) is 16.0 Å². The maximum Gasteiger partial charge on any atom is 0.379 e. The van der Waals surface area contributed by atoms with Crippen LogP contribution in [0, 0.1) is 0 Å². The number of ether oxygens (including phenoxy) is 1. The lowest BCUT2D eigenvalue weighted by Crippen LogP contribution is -2.41. The zero-order valence-corrected chi connectivity index (χ0v) is 13.9. The molecule has 128 valence electrons. The van der Waals surface area contributed by atoms with Crippen molar-refractivity contribution in [2.45, 2.75) is 25.3 Å². The molecule has 0 saturated heterocycles. The van der Waals surface area contributed by atoms with Crippen molar-refractivity contribution in [2.24, 2.45) is 5.73 Å². The van der Waals surface area contributed by atoms with Crippen molar-refractivity contribution in [3.63, 3.8) is 0 Å². The lowest BCUT2D eigenvalue weighted by Gasteiger charge is -2.22. The summed E-state index contributed by atoms with van der Waals surface area (Å²) in [5.41, 5.74) is 10.1. The summed E-state index contributed by atoms with van der Waals surface area (Å²) < 4.78 is 32.6. The minimum absolute atomic E-state index is 0. The van der Waals surface area contributed by atoms with E-state index in [0.29, 0.717) is 6.42 Å². The summed E-state index contributed by atoms with van der Waals surface area (Å²) >= 11 is 0. The molecule has 0 bridgehead atoms. The van der Waals surface area contributed by atoms with Crippen molar-refractivity contribution < 1.29 is 18.3 Å². The third-order valence-corrected chi connectivity index (χ3v) is 4.12. The van der Waals surface area contributed by atoms with Crippen LogP contribution in [0.15, 0.2) is 42.5 Å². The van der Waals surface area contributed by atoms with Crippen LogP contribution in [0.5, 0.6) is 0 Å². The largest absolute Gasteiger partial charge is 0.462 e. The molecule has 2 aromatic carbocycles. The number of hydrogen-bond acceptors (Lipinski definition) is 3. The van der Waals surface area contributed by atoms with E-state index in [1.807, 2.05) is 24.3 Å².